The number of benzene rings is 3. The molecule has 154 valence electrons. The maximum absolute atomic E-state index is 12.9. The van der Waals surface area contributed by atoms with Crippen LogP contribution in [0.3, 0.4) is 0 Å². The van der Waals surface area contributed by atoms with Gasteiger partial charge < -0.3 is 14.3 Å². The molecule has 4 aromatic rings. The van der Waals surface area contributed by atoms with Gasteiger partial charge in [-0.05, 0) is 30.3 Å². The number of aromatic nitrogens is 1. The summed E-state index contributed by atoms with van der Waals surface area (Å²) in [6.45, 7) is -0.0537. The van der Waals surface area contributed by atoms with E-state index >= 15 is 0 Å². The molecule has 30 heavy (non-hydrogen) atoms. The lowest BCUT2D eigenvalue weighted by molar-refractivity contribution is 0.370. The molecule has 0 atom stereocenters. The number of phenolic OH excluding ortho intramolecular Hbond substituents is 1. The molecule has 0 unspecified atom stereocenters. The molecule has 8 nitrogen and oxygen atoms in total. The summed E-state index contributed by atoms with van der Waals surface area (Å²) < 4.78 is 36.7. The van der Waals surface area contributed by atoms with Crippen molar-refractivity contribution in [2.24, 2.45) is 0 Å². The molecule has 1 aromatic heterocycles. The Labute approximate surface area is 173 Å². The SMILES string of the molecule is COc1cccc(CN(NS(=O)(=O)c2ccccc2)c2nc3ccccc3o2)c1O. The molecule has 0 aliphatic rings. The van der Waals surface area contributed by atoms with E-state index in [9.17, 15) is 13.5 Å². The minimum absolute atomic E-state index is 0.0397. The average Bonchev–Trinajstić information content (AvgIpc) is 3.19. The van der Waals surface area contributed by atoms with Crippen molar-refractivity contribution in [3.63, 3.8) is 0 Å². The molecule has 1 heterocycles. The van der Waals surface area contributed by atoms with E-state index in [0.29, 0.717) is 16.7 Å². The first-order valence-corrected chi connectivity index (χ1v) is 10.5. The lowest BCUT2D eigenvalue weighted by atomic mass is 10.2. The number of nitrogens with zero attached hydrogens (tertiary/aromatic N) is 2. The topological polar surface area (TPSA) is 105 Å². The van der Waals surface area contributed by atoms with Crippen LogP contribution >= 0.6 is 0 Å². The fraction of sp³-hybridized carbons (Fsp3) is 0.0952. The summed E-state index contributed by atoms with van der Waals surface area (Å²) in [4.78, 5) is 6.96. The number of sulfonamides is 1. The second-order valence-corrected chi connectivity index (χ2v) is 8.09. The summed E-state index contributed by atoms with van der Waals surface area (Å²) in [7, 11) is -2.49. The van der Waals surface area contributed by atoms with Gasteiger partial charge in [0, 0.05) is 5.56 Å². The Bertz CT molecular complexity index is 1240. The van der Waals surface area contributed by atoms with Crippen LogP contribution in [0.15, 0.2) is 82.1 Å². The third-order valence-corrected chi connectivity index (χ3v) is 5.78. The Kier molecular flexibility index (Phi) is 5.30. The molecule has 4 rings (SSSR count). The quantitative estimate of drug-likeness (QED) is 0.437. The average molecular weight is 425 g/mol. The Morgan fingerprint density at radius 3 is 2.50 bits per heavy atom. The summed E-state index contributed by atoms with van der Waals surface area (Å²) in [6, 6.07) is 20.1. The molecular weight excluding hydrogens is 406 g/mol. The summed E-state index contributed by atoms with van der Waals surface area (Å²) in [5, 5.41) is 11.7. The van der Waals surface area contributed by atoms with Crippen molar-refractivity contribution < 1.29 is 22.7 Å². The highest BCUT2D eigenvalue weighted by Crippen LogP contribution is 2.31. The predicted molar refractivity (Wildman–Crippen MR) is 112 cm³/mol. The standard InChI is InChI=1S/C21H19N3O5S/c1-28-19-13-7-8-15(20(19)25)14-24(21-22-17-11-5-6-12-18(17)29-21)23-30(26,27)16-9-3-2-4-10-16/h2-13,23,25H,14H2,1H3. The van der Waals surface area contributed by atoms with Crippen molar-refractivity contribution >= 4 is 27.1 Å². The van der Waals surface area contributed by atoms with E-state index in [1.54, 1.807) is 60.7 Å². The summed E-state index contributed by atoms with van der Waals surface area (Å²) >= 11 is 0. The molecule has 0 saturated carbocycles. The number of anilines is 1. The molecule has 0 bridgehead atoms. The lowest BCUT2D eigenvalue weighted by Gasteiger charge is -2.22. The minimum atomic E-state index is -3.93. The van der Waals surface area contributed by atoms with E-state index in [-0.39, 0.29) is 29.0 Å². The second-order valence-electron chi connectivity index (χ2n) is 6.43. The molecule has 0 saturated heterocycles. The lowest BCUT2D eigenvalue weighted by Crippen LogP contribution is -2.42. The Morgan fingerprint density at radius 1 is 1.03 bits per heavy atom. The highest BCUT2D eigenvalue weighted by Gasteiger charge is 2.24. The van der Waals surface area contributed by atoms with Gasteiger partial charge >= 0.3 is 6.01 Å². The number of hydrazine groups is 1. The van der Waals surface area contributed by atoms with Crippen molar-refractivity contribution in [1.82, 2.24) is 9.82 Å². The van der Waals surface area contributed by atoms with E-state index < -0.39 is 10.0 Å². The molecule has 9 heteroatoms. The number of ether oxygens (including phenoxy) is 1. The van der Waals surface area contributed by atoms with Crippen LogP contribution in [0.25, 0.3) is 11.1 Å². The van der Waals surface area contributed by atoms with Crippen molar-refractivity contribution in [3.8, 4) is 11.5 Å². The first-order valence-electron chi connectivity index (χ1n) is 9.03. The van der Waals surface area contributed by atoms with Gasteiger partial charge in [-0.25, -0.2) is 13.4 Å². The van der Waals surface area contributed by atoms with Crippen molar-refractivity contribution in [3.05, 3.63) is 78.4 Å². The van der Waals surface area contributed by atoms with Crippen LogP contribution in [0, 0.1) is 0 Å². The minimum Gasteiger partial charge on any atom is -0.504 e. The van der Waals surface area contributed by atoms with Crippen LogP contribution in [-0.2, 0) is 16.6 Å². The molecule has 2 N–H and O–H groups in total. The van der Waals surface area contributed by atoms with E-state index in [0.717, 1.165) is 0 Å². The monoisotopic (exact) mass is 425 g/mol. The summed E-state index contributed by atoms with van der Waals surface area (Å²) in [5.41, 5.74) is 1.50. The van der Waals surface area contributed by atoms with E-state index in [2.05, 4.69) is 9.82 Å². The van der Waals surface area contributed by atoms with Gasteiger partial charge in [-0.3, -0.25) is 0 Å². The largest absolute Gasteiger partial charge is 0.504 e. The van der Waals surface area contributed by atoms with Gasteiger partial charge in [0.2, 0.25) is 0 Å². The molecule has 0 aliphatic heterocycles. The Morgan fingerprint density at radius 2 is 1.77 bits per heavy atom. The number of hydrogen-bond donors (Lipinski definition) is 2. The fourth-order valence-corrected chi connectivity index (χ4v) is 4.00. The van der Waals surface area contributed by atoms with Crippen LogP contribution in [-0.4, -0.2) is 25.6 Å². The third-order valence-electron chi connectivity index (χ3n) is 4.43. The smallest absolute Gasteiger partial charge is 0.314 e. The van der Waals surface area contributed by atoms with Crippen LogP contribution in [0.5, 0.6) is 11.5 Å². The highest BCUT2D eigenvalue weighted by atomic mass is 32.2. The molecule has 3 aromatic carbocycles. The van der Waals surface area contributed by atoms with E-state index in [1.807, 2.05) is 0 Å². The van der Waals surface area contributed by atoms with Crippen LogP contribution in [0.1, 0.15) is 5.56 Å². The molecule has 0 aliphatic carbocycles. The third kappa shape index (κ3) is 3.93. The van der Waals surface area contributed by atoms with Crippen LogP contribution in [0.2, 0.25) is 0 Å². The maximum atomic E-state index is 12.9. The predicted octanol–water partition coefficient (Wildman–Crippen LogP) is 3.44. The fourth-order valence-electron chi connectivity index (χ4n) is 2.94. The van der Waals surface area contributed by atoms with E-state index in [4.69, 9.17) is 9.15 Å². The number of phenols is 1. The highest BCUT2D eigenvalue weighted by molar-refractivity contribution is 7.89. The van der Waals surface area contributed by atoms with Gasteiger partial charge in [-0.2, -0.15) is 4.98 Å². The molecule has 0 radical (unpaired) electrons. The number of aromatic hydroxyl groups is 1. The zero-order valence-corrected chi connectivity index (χ0v) is 16.8. The first-order chi connectivity index (χ1) is 14.5. The maximum Gasteiger partial charge on any atom is 0.314 e. The molecule has 0 amide bonds. The van der Waals surface area contributed by atoms with Crippen molar-refractivity contribution in [2.45, 2.75) is 11.4 Å². The zero-order chi connectivity index (χ0) is 21.1. The molecular formula is C21H19N3O5S. The second kappa shape index (κ2) is 8.05. The van der Waals surface area contributed by atoms with Crippen LogP contribution < -0.4 is 14.6 Å². The van der Waals surface area contributed by atoms with Gasteiger partial charge in [0.1, 0.15) is 5.52 Å². The zero-order valence-electron chi connectivity index (χ0n) is 16.0. The molecule has 0 fully saturated rings. The van der Waals surface area contributed by atoms with Gasteiger partial charge in [0.25, 0.3) is 10.0 Å². The van der Waals surface area contributed by atoms with Gasteiger partial charge in [0.15, 0.2) is 17.1 Å². The van der Waals surface area contributed by atoms with Crippen molar-refractivity contribution in [1.29, 1.82) is 0 Å². The van der Waals surface area contributed by atoms with E-state index in [1.165, 1.54) is 24.3 Å². The van der Waals surface area contributed by atoms with Gasteiger partial charge in [-0.15, -0.1) is 4.83 Å². The number of hydrogen-bond acceptors (Lipinski definition) is 7. The number of nitrogens with one attached hydrogen (secondary N) is 1. The van der Waals surface area contributed by atoms with Crippen molar-refractivity contribution in [2.75, 3.05) is 12.1 Å². The van der Waals surface area contributed by atoms with Crippen LogP contribution in [0.4, 0.5) is 6.01 Å². The first kappa shape index (κ1) is 19.7. The Balaban J connectivity index is 1.75. The number of methoxy groups -OCH3 is 1. The summed E-state index contributed by atoms with van der Waals surface area (Å²) in [5.74, 6) is 0.177. The number of rotatable bonds is 7. The number of fused-ring (bicyclic) bond motifs is 1. The van der Waals surface area contributed by atoms with Gasteiger partial charge in [-0.1, -0.05) is 42.5 Å². The summed E-state index contributed by atoms with van der Waals surface area (Å²) in [6.07, 6.45) is 0. The Hall–Kier alpha value is -3.56. The molecule has 0 spiro atoms. The number of para-hydroxylation sites is 3. The normalized spacial score (nSPS) is 11.5. The number of oxazole rings is 1. The van der Waals surface area contributed by atoms with Gasteiger partial charge in [0.05, 0.1) is 18.6 Å².